The van der Waals surface area contributed by atoms with E-state index in [1.165, 1.54) is 12.8 Å². The molecular formula is C15H21N3O. The van der Waals surface area contributed by atoms with Gasteiger partial charge in [0.2, 0.25) is 0 Å². The molecule has 4 nitrogen and oxygen atoms in total. The third-order valence-electron chi connectivity index (χ3n) is 3.82. The molecule has 0 aliphatic heterocycles. The lowest BCUT2D eigenvalue weighted by atomic mass is 9.94. The van der Waals surface area contributed by atoms with Crippen molar-refractivity contribution in [3.63, 3.8) is 0 Å². The molecule has 1 aromatic carbocycles. The van der Waals surface area contributed by atoms with Crippen molar-refractivity contribution in [3.8, 4) is 6.07 Å². The molecule has 0 unspecified atom stereocenters. The van der Waals surface area contributed by atoms with Crippen LogP contribution in [0.1, 0.15) is 44.1 Å². The molecule has 2 rings (SSSR count). The number of nitrogens with two attached hydrogens (primary N) is 1. The van der Waals surface area contributed by atoms with E-state index in [4.69, 9.17) is 11.0 Å². The van der Waals surface area contributed by atoms with Crippen LogP contribution >= 0.6 is 0 Å². The van der Waals surface area contributed by atoms with Gasteiger partial charge in [-0.1, -0.05) is 25.7 Å². The molecule has 1 saturated carbocycles. The molecule has 1 aromatic rings. The maximum absolute atomic E-state index is 10.5. The minimum atomic E-state index is -0.628. The van der Waals surface area contributed by atoms with Crippen LogP contribution in [0.25, 0.3) is 0 Å². The Labute approximate surface area is 114 Å². The van der Waals surface area contributed by atoms with Crippen LogP contribution in [0.15, 0.2) is 18.2 Å². The van der Waals surface area contributed by atoms with Gasteiger partial charge in [0.15, 0.2) is 0 Å². The third-order valence-corrected chi connectivity index (χ3v) is 3.82. The van der Waals surface area contributed by atoms with Gasteiger partial charge in [-0.05, 0) is 31.0 Å². The molecular weight excluding hydrogens is 238 g/mol. The van der Waals surface area contributed by atoms with Crippen molar-refractivity contribution >= 4 is 11.4 Å². The normalized spacial score (nSPS) is 18.3. The zero-order chi connectivity index (χ0) is 13.7. The molecule has 1 aliphatic rings. The fourth-order valence-electron chi connectivity index (χ4n) is 2.62. The van der Waals surface area contributed by atoms with Crippen LogP contribution in [0, 0.1) is 11.3 Å². The van der Waals surface area contributed by atoms with E-state index in [9.17, 15) is 5.11 Å². The number of benzene rings is 1. The van der Waals surface area contributed by atoms with Gasteiger partial charge in [0.05, 0.1) is 28.6 Å². The molecule has 0 aromatic heterocycles. The highest BCUT2D eigenvalue weighted by atomic mass is 16.3. The summed E-state index contributed by atoms with van der Waals surface area (Å²) in [5.41, 5.74) is 7.16. The summed E-state index contributed by atoms with van der Waals surface area (Å²) in [7, 11) is 0. The van der Waals surface area contributed by atoms with Crippen LogP contribution in [0.3, 0.4) is 0 Å². The van der Waals surface area contributed by atoms with E-state index in [-0.39, 0.29) is 0 Å². The van der Waals surface area contributed by atoms with Crippen molar-refractivity contribution in [2.75, 3.05) is 17.6 Å². The van der Waals surface area contributed by atoms with Crippen LogP contribution in [0.2, 0.25) is 0 Å². The summed E-state index contributed by atoms with van der Waals surface area (Å²) in [6.45, 7) is 0.517. The Bertz CT molecular complexity index is 471. The van der Waals surface area contributed by atoms with Crippen LogP contribution < -0.4 is 11.1 Å². The second-order valence-corrected chi connectivity index (χ2v) is 5.41. The molecule has 0 atom stereocenters. The van der Waals surface area contributed by atoms with Gasteiger partial charge in [-0.3, -0.25) is 0 Å². The molecule has 0 heterocycles. The smallest absolute Gasteiger partial charge is 0.0992 e. The Morgan fingerprint density at radius 3 is 2.53 bits per heavy atom. The first-order chi connectivity index (χ1) is 9.13. The van der Waals surface area contributed by atoms with Gasteiger partial charge in [-0.25, -0.2) is 0 Å². The lowest BCUT2D eigenvalue weighted by molar-refractivity contribution is 0.0381. The van der Waals surface area contributed by atoms with Gasteiger partial charge in [-0.15, -0.1) is 0 Å². The topological polar surface area (TPSA) is 82.1 Å². The number of aliphatic hydroxyl groups is 1. The molecule has 1 aliphatic carbocycles. The second kappa shape index (κ2) is 5.94. The van der Waals surface area contributed by atoms with Crippen molar-refractivity contribution in [1.29, 1.82) is 5.26 Å². The predicted molar refractivity (Wildman–Crippen MR) is 76.7 cm³/mol. The third kappa shape index (κ3) is 3.62. The summed E-state index contributed by atoms with van der Waals surface area (Å²) in [6, 6.07) is 7.24. The Kier molecular flexibility index (Phi) is 4.28. The van der Waals surface area contributed by atoms with Crippen LogP contribution in [-0.4, -0.2) is 17.3 Å². The fourth-order valence-corrected chi connectivity index (χ4v) is 2.62. The van der Waals surface area contributed by atoms with E-state index in [2.05, 4.69) is 11.4 Å². The van der Waals surface area contributed by atoms with Gasteiger partial charge in [-0.2, -0.15) is 5.26 Å². The largest absolute Gasteiger partial charge is 0.397 e. The number of nitrogen functional groups attached to an aromatic ring is 1. The zero-order valence-electron chi connectivity index (χ0n) is 11.2. The Hall–Kier alpha value is -1.73. The van der Waals surface area contributed by atoms with E-state index in [0.717, 1.165) is 31.4 Å². The summed E-state index contributed by atoms with van der Waals surface area (Å²) in [6.07, 6.45) is 6.27. The van der Waals surface area contributed by atoms with Crippen LogP contribution in [0.5, 0.6) is 0 Å². The SMILES string of the molecule is N#Cc1ccc(NCC2(O)CCCCCC2)c(N)c1. The highest BCUT2D eigenvalue weighted by Crippen LogP contribution is 2.28. The number of anilines is 2. The Morgan fingerprint density at radius 1 is 1.26 bits per heavy atom. The van der Waals surface area contributed by atoms with E-state index >= 15 is 0 Å². The molecule has 4 heteroatoms. The number of hydrogen-bond donors (Lipinski definition) is 3. The Balaban J connectivity index is 2.00. The molecule has 4 N–H and O–H groups in total. The molecule has 19 heavy (non-hydrogen) atoms. The highest BCUT2D eigenvalue weighted by Gasteiger charge is 2.27. The molecule has 0 radical (unpaired) electrons. The number of nitrogens with zero attached hydrogens (tertiary/aromatic N) is 1. The quantitative estimate of drug-likeness (QED) is 0.575. The summed E-state index contributed by atoms with van der Waals surface area (Å²) in [5.74, 6) is 0. The van der Waals surface area contributed by atoms with E-state index in [1.54, 1.807) is 18.2 Å². The van der Waals surface area contributed by atoms with Crippen molar-refractivity contribution in [2.45, 2.75) is 44.1 Å². The zero-order valence-corrected chi connectivity index (χ0v) is 11.2. The summed E-state index contributed by atoms with van der Waals surface area (Å²) in [5, 5.41) is 22.6. The number of hydrogen-bond acceptors (Lipinski definition) is 4. The minimum Gasteiger partial charge on any atom is -0.397 e. The molecule has 0 saturated heterocycles. The van der Waals surface area contributed by atoms with E-state index in [1.807, 2.05) is 0 Å². The van der Waals surface area contributed by atoms with Crippen molar-refractivity contribution in [2.24, 2.45) is 0 Å². The number of nitriles is 1. The van der Waals surface area contributed by atoms with Crippen LogP contribution in [-0.2, 0) is 0 Å². The lowest BCUT2D eigenvalue weighted by Crippen LogP contribution is -2.36. The van der Waals surface area contributed by atoms with Gasteiger partial charge in [0.25, 0.3) is 0 Å². The summed E-state index contributed by atoms with van der Waals surface area (Å²) in [4.78, 5) is 0. The van der Waals surface area contributed by atoms with Crippen LogP contribution in [0.4, 0.5) is 11.4 Å². The predicted octanol–water partition coefficient (Wildman–Crippen LogP) is 2.64. The number of nitrogens with one attached hydrogen (secondary N) is 1. The van der Waals surface area contributed by atoms with E-state index in [0.29, 0.717) is 17.8 Å². The summed E-state index contributed by atoms with van der Waals surface area (Å²) < 4.78 is 0. The van der Waals surface area contributed by atoms with Gasteiger partial charge in [0.1, 0.15) is 0 Å². The summed E-state index contributed by atoms with van der Waals surface area (Å²) >= 11 is 0. The molecule has 102 valence electrons. The number of rotatable bonds is 3. The average Bonchev–Trinajstić information content (AvgIpc) is 2.62. The lowest BCUT2D eigenvalue weighted by Gasteiger charge is -2.27. The van der Waals surface area contributed by atoms with Gasteiger partial charge < -0.3 is 16.2 Å². The molecule has 1 fully saturated rings. The molecule has 0 amide bonds. The van der Waals surface area contributed by atoms with Crippen molar-refractivity contribution < 1.29 is 5.11 Å². The second-order valence-electron chi connectivity index (χ2n) is 5.41. The van der Waals surface area contributed by atoms with Gasteiger partial charge in [0, 0.05) is 6.54 Å². The van der Waals surface area contributed by atoms with E-state index < -0.39 is 5.60 Å². The first-order valence-electron chi connectivity index (χ1n) is 6.89. The maximum Gasteiger partial charge on any atom is 0.0992 e. The average molecular weight is 259 g/mol. The Morgan fingerprint density at radius 2 is 1.95 bits per heavy atom. The van der Waals surface area contributed by atoms with Gasteiger partial charge >= 0.3 is 0 Å². The standard InChI is InChI=1S/C15H21N3O/c16-10-12-5-6-14(13(17)9-12)18-11-15(19)7-3-1-2-4-8-15/h5-6,9,18-19H,1-4,7-8,11,17H2. The minimum absolute atomic E-state index is 0.517. The maximum atomic E-state index is 10.5. The van der Waals surface area contributed by atoms with Crippen molar-refractivity contribution in [1.82, 2.24) is 0 Å². The highest BCUT2D eigenvalue weighted by molar-refractivity contribution is 5.68. The monoisotopic (exact) mass is 259 g/mol. The first kappa shape index (κ1) is 13.7. The first-order valence-corrected chi connectivity index (χ1v) is 6.89. The van der Waals surface area contributed by atoms with Crippen molar-refractivity contribution in [3.05, 3.63) is 23.8 Å². The molecule has 0 spiro atoms. The molecule has 0 bridgehead atoms. The fraction of sp³-hybridized carbons (Fsp3) is 0.533.